The topological polar surface area (TPSA) is 61.4 Å². The molecular formula is C15H18N2O2S. The van der Waals surface area contributed by atoms with Crippen LogP contribution in [0.2, 0.25) is 0 Å². The third-order valence-corrected chi connectivity index (χ3v) is 4.89. The summed E-state index contributed by atoms with van der Waals surface area (Å²) < 4.78 is 1.16. The van der Waals surface area contributed by atoms with Gasteiger partial charge in [0.2, 0.25) is 5.91 Å². The molecule has 3 N–H and O–H groups in total. The van der Waals surface area contributed by atoms with Crippen molar-refractivity contribution in [1.82, 2.24) is 10.6 Å². The lowest BCUT2D eigenvalue weighted by Gasteiger charge is -2.13. The van der Waals surface area contributed by atoms with Crippen LogP contribution < -0.4 is 10.6 Å². The number of hydrogen-bond acceptors (Lipinski definition) is 4. The van der Waals surface area contributed by atoms with Crippen LogP contribution in [0.25, 0.3) is 10.1 Å². The van der Waals surface area contributed by atoms with Gasteiger partial charge in [0.05, 0.1) is 5.92 Å². The summed E-state index contributed by atoms with van der Waals surface area (Å²) in [4.78, 5) is 12.8. The zero-order valence-electron chi connectivity index (χ0n) is 11.1. The predicted octanol–water partition coefficient (Wildman–Crippen LogP) is 1.66. The van der Waals surface area contributed by atoms with Crippen molar-refractivity contribution in [3.8, 4) is 0 Å². The van der Waals surface area contributed by atoms with E-state index in [2.05, 4.69) is 10.6 Å². The van der Waals surface area contributed by atoms with Gasteiger partial charge in [0.25, 0.3) is 0 Å². The van der Waals surface area contributed by atoms with E-state index in [9.17, 15) is 9.90 Å². The standard InChI is InChI=1S/C15H18N2O2S/c18-12(9-17-15(19)11-5-6-16-8-11)14-7-10-3-1-2-4-13(10)20-14/h1-4,7,11-12,16,18H,5-6,8-9H2,(H,17,19). The summed E-state index contributed by atoms with van der Waals surface area (Å²) in [5.41, 5.74) is 0. The maximum absolute atomic E-state index is 11.9. The first kappa shape index (κ1) is 13.5. The molecule has 2 aromatic rings. The third kappa shape index (κ3) is 2.85. The number of benzene rings is 1. The Bertz CT molecular complexity index is 572. The van der Waals surface area contributed by atoms with E-state index < -0.39 is 6.10 Å². The van der Waals surface area contributed by atoms with Crippen LogP contribution in [-0.2, 0) is 4.79 Å². The zero-order valence-corrected chi connectivity index (χ0v) is 12.0. The molecule has 106 valence electrons. The molecule has 1 aromatic heterocycles. The number of nitrogens with one attached hydrogen (secondary N) is 2. The van der Waals surface area contributed by atoms with Crippen molar-refractivity contribution in [2.75, 3.05) is 19.6 Å². The predicted molar refractivity (Wildman–Crippen MR) is 80.8 cm³/mol. The van der Waals surface area contributed by atoms with E-state index in [0.717, 1.165) is 34.5 Å². The number of thiophene rings is 1. The van der Waals surface area contributed by atoms with Gasteiger partial charge < -0.3 is 15.7 Å². The van der Waals surface area contributed by atoms with E-state index in [4.69, 9.17) is 0 Å². The monoisotopic (exact) mass is 290 g/mol. The van der Waals surface area contributed by atoms with Gasteiger partial charge >= 0.3 is 0 Å². The Kier molecular flexibility index (Phi) is 4.00. The van der Waals surface area contributed by atoms with Crippen molar-refractivity contribution in [3.63, 3.8) is 0 Å². The molecule has 4 nitrogen and oxygen atoms in total. The van der Waals surface area contributed by atoms with Crippen molar-refractivity contribution in [2.24, 2.45) is 5.92 Å². The van der Waals surface area contributed by atoms with Crippen LogP contribution in [0.15, 0.2) is 30.3 Å². The fraction of sp³-hybridized carbons (Fsp3) is 0.400. The molecule has 1 saturated heterocycles. The van der Waals surface area contributed by atoms with Crippen molar-refractivity contribution >= 4 is 27.3 Å². The SMILES string of the molecule is O=C(NCC(O)c1cc2ccccc2s1)C1CCNC1. The second-order valence-corrected chi connectivity index (χ2v) is 6.25. The van der Waals surface area contributed by atoms with E-state index in [1.165, 1.54) is 0 Å². The number of fused-ring (bicyclic) bond motifs is 1. The molecule has 0 saturated carbocycles. The van der Waals surface area contributed by atoms with E-state index in [-0.39, 0.29) is 18.4 Å². The van der Waals surface area contributed by atoms with Crippen LogP contribution in [-0.4, -0.2) is 30.6 Å². The zero-order chi connectivity index (χ0) is 13.9. The number of amides is 1. The van der Waals surface area contributed by atoms with Crippen LogP contribution in [0.3, 0.4) is 0 Å². The van der Waals surface area contributed by atoms with Crippen LogP contribution in [0, 0.1) is 5.92 Å². The van der Waals surface area contributed by atoms with Gasteiger partial charge in [-0.05, 0) is 30.5 Å². The Balaban J connectivity index is 1.60. The van der Waals surface area contributed by atoms with Crippen molar-refractivity contribution in [2.45, 2.75) is 12.5 Å². The van der Waals surface area contributed by atoms with E-state index >= 15 is 0 Å². The van der Waals surface area contributed by atoms with Crippen LogP contribution >= 0.6 is 11.3 Å². The van der Waals surface area contributed by atoms with Crippen LogP contribution in [0.4, 0.5) is 0 Å². The molecule has 2 heterocycles. The molecule has 0 aliphatic carbocycles. The molecular weight excluding hydrogens is 272 g/mol. The summed E-state index contributed by atoms with van der Waals surface area (Å²) in [5.74, 6) is 0.0831. The summed E-state index contributed by atoms with van der Waals surface area (Å²) in [7, 11) is 0. The fourth-order valence-corrected chi connectivity index (χ4v) is 3.54. The molecule has 20 heavy (non-hydrogen) atoms. The number of aliphatic hydroxyl groups is 1. The van der Waals surface area contributed by atoms with Gasteiger partial charge in [-0.25, -0.2) is 0 Å². The molecule has 3 rings (SSSR count). The highest BCUT2D eigenvalue weighted by Crippen LogP contribution is 2.29. The van der Waals surface area contributed by atoms with E-state index in [1.807, 2.05) is 30.3 Å². The maximum Gasteiger partial charge on any atom is 0.224 e. The summed E-state index contributed by atoms with van der Waals surface area (Å²) in [6.07, 6.45) is 0.246. The number of carbonyl (C=O) groups excluding carboxylic acids is 1. The lowest BCUT2D eigenvalue weighted by molar-refractivity contribution is -0.124. The Hall–Kier alpha value is -1.43. The van der Waals surface area contributed by atoms with E-state index in [0.29, 0.717) is 0 Å². The highest BCUT2D eigenvalue weighted by molar-refractivity contribution is 7.19. The Morgan fingerprint density at radius 1 is 1.50 bits per heavy atom. The number of rotatable bonds is 4. The summed E-state index contributed by atoms with van der Waals surface area (Å²) in [5, 5.41) is 17.3. The van der Waals surface area contributed by atoms with E-state index in [1.54, 1.807) is 11.3 Å². The van der Waals surface area contributed by atoms with Crippen LogP contribution in [0.1, 0.15) is 17.4 Å². The summed E-state index contributed by atoms with van der Waals surface area (Å²) in [6, 6.07) is 10.0. The minimum Gasteiger partial charge on any atom is -0.386 e. The van der Waals surface area contributed by atoms with Gasteiger partial charge in [-0.3, -0.25) is 4.79 Å². The highest BCUT2D eigenvalue weighted by atomic mass is 32.1. The Labute approximate surface area is 121 Å². The van der Waals surface area contributed by atoms with Crippen LogP contribution in [0.5, 0.6) is 0 Å². The smallest absolute Gasteiger partial charge is 0.224 e. The summed E-state index contributed by atoms with van der Waals surface area (Å²) in [6.45, 7) is 1.92. The molecule has 1 amide bonds. The van der Waals surface area contributed by atoms with Gasteiger partial charge in [0.15, 0.2) is 0 Å². The van der Waals surface area contributed by atoms with Crippen molar-refractivity contribution in [3.05, 3.63) is 35.2 Å². The molecule has 5 heteroatoms. The maximum atomic E-state index is 11.9. The Morgan fingerprint density at radius 3 is 3.10 bits per heavy atom. The second-order valence-electron chi connectivity index (χ2n) is 5.14. The summed E-state index contributed by atoms with van der Waals surface area (Å²) >= 11 is 1.58. The van der Waals surface area contributed by atoms with Gasteiger partial charge in [0.1, 0.15) is 6.10 Å². The molecule has 1 aromatic carbocycles. The molecule has 2 unspecified atom stereocenters. The molecule has 1 aliphatic heterocycles. The average Bonchev–Trinajstić information content (AvgIpc) is 3.12. The number of hydrogen-bond donors (Lipinski definition) is 3. The third-order valence-electron chi connectivity index (χ3n) is 3.67. The molecule has 1 aliphatic rings. The minimum absolute atomic E-state index is 0.0372. The largest absolute Gasteiger partial charge is 0.386 e. The first-order chi connectivity index (χ1) is 9.74. The molecule has 0 bridgehead atoms. The normalized spacial score (nSPS) is 20.1. The first-order valence-corrected chi connectivity index (χ1v) is 7.70. The fourth-order valence-electron chi connectivity index (χ4n) is 2.49. The van der Waals surface area contributed by atoms with Crippen molar-refractivity contribution in [1.29, 1.82) is 0 Å². The molecule has 0 spiro atoms. The van der Waals surface area contributed by atoms with Gasteiger partial charge in [-0.2, -0.15) is 0 Å². The highest BCUT2D eigenvalue weighted by Gasteiger charge is 2.23. The van der Waals surface area contributed by atoms with Gasteiger partial charge in [0, 0.05) is 22.7 Å². The minimum atomic E-state index is -0.634. The quantitative estimate of drug-likeness (QED) is 0.802. The lowest BCUT2D eigenvalue weighted by atomic mass is 10.1. The van der Waals surface area contributed by atoms with Gasteiger partial charge in [-0.15, -0.1) is 11.3 Å². The van der Waals surface area contributed by atoms with Gasteiger partial charge in [-0.1, -0.05) is 18.2 Å². The molecule has 0 radical (unpaired) electrons. The first-order valence-electron chi connectivity index (χ1n) is 6.89. The molecule has 1 fully saturated rings. The average molecular weight is 290 g/mol. The Morgan fingerprint density at radius 2 is 2.35 bits per heavy atom. The number of aliphatic hydroxyl groups excluding tert-OH is 1. The second kappa shape index (κ2) is 5.91. The molecule has 2 atom stereocenters. The lowest BCUT2D eigenvalue weighted by Crippen LogP contribution is -2.34. The van der Waals surface area contributed by atoms with Crippen molar-refractivity contribution < 1.29 is 9.90 Å². The number of carbonyl (C=O) groups is 1.